The van der Waals surface area contributed by atoms with E-state index in [2.05, 4.69) is 37.5 Å². The van der Waals surface area contributed by atoms with Crippen LogP contribution in [-0.4, -0.2) is 40.3 Å². The van der Waals surface area contributed by atoms with Crippen molar-refractivity contribution in [1.82, 2.24) is 15.6 Å². The normalized spacial score (nSPS) is 20.4. The molecule has 0 saturated heterocycles. The zero-order chi connectivity index (χ0) is 25.9. The lowest BCUT2D eigenvalue weighted by atomic mass is 9.84. The molecule has 1 saturated carbocycles. The molecule has 1 aliphatic carbocycles. The first-order chi connectivity index (χ1) is 17.0. The van der Waals surface area contributed by atoms with Crippen LogP contribution in [0.4, 0.5) is 4.39 Å². The minimum Gasteiger partial charge on any atom is -0.471 e. The fraction of sp³-hybridized carbons (Fsp3) is 0.586. The van der Waals surface area contributed by atoms with Crippen LogP contribution in [0, 0.1) is 11.2 Å². The predicted molar refractivity (Wildman–Crippen MR) is 138 cm³/mol. The molecule has 1 aliphatic heterocycles. The Labute approximate surface area is 214 Å². The maximum Gasteiger partial charge on any atom is 0.218 e. The van der Waals surface area contributed by atoms with Gasteiger partial charge < -0.3 is 20.5 Å². The molecule has 7 heteroatoms. The highest BCUT2D eigenvalue weighted by molar-refractivity contribution is 5.73. The molecule has 2 aromatic rings. The number of hydrogen-bond donors (Lipinski definition) is 3. The molecule has 0 radical (unpaired) electrons. The Hall–Kier alpha value is -2.51. The van der Waals surface area contributed by atoms with Crippen LogP contribution >= 0.6 is 0 Å². The average Bonchev–Trinajstić information content (AvgIpc) is 3.23. The van der Waals surface area contributed by atoms with Gasteiger partial charge in [-0.25, -0.2) is 9.37 Å². The van der Waals surface area contributed by atoms with Crippen molar-refractivity contribution in [2.75, 3.05) is 6.54 Å². The highest BCUT2D eigenvalue weighted by Crippen LogP contribution is 2.46. The number of aliphatic hydroxyl groups is 1. The van der Waals surface area contributed by atoms with Gasteiger partial charge in [0.1, 0.15) is 11.4 Å². The van der Waals surface area contributed by atoms with Crippen LogP contribution < -0.4 is 15.4 Å². The first-order valence-corrected chi connectivity index (χ1v) is 13.1. The fourth-order valence-corrected chi connectivity index (χ4v) is 5.66. The summed E-state index contributed by atoms with van der Waals surface area (Å²) in [7, 11) is 0. The van der Waals surface area contributed by atoms with E-state index in [1.54, 1.807) is 12.1 Å². The molecule has 196 valence electrons. The summed E-state index contributed by atoms with van der Waals surface area (Å²) in [5, 5.41) is 17.5. The highest BCUT2D eigenvalue weighted by atomic mass is 19.1. The molecule has 2 aliphatic rings. The van der Waals surface area contributed by atoms with Gasteiger partial charge in [0.2, 0.25) is 11.8 Å². The number of rotatable bonds is 8. The lowest BCUT2D eigenvalue weighted by molar-refractivity contribution is -0.120. The number of nitrogens with one attached hydrogen (secondary N) is 2. The van der Waals surface area contributed by atoms with E-state index in [9.17, 15) is 14.3 Å². The van der Waals surface area contributed by atoms with Gasteiger partial charge in [-0.2, -0.15) is 0 Å². The number of halogens is 1. The molecule has 1 amide bonds. The maximum absolute atomic E-state index is 13.7. The molecule has 1 spiro atoms. The monoisotopic (exact) mass is 497 g/mol. The zero-order valence-corrected chi connectivity index (χ0v) is 21.9. The smallest absolute Gasteiger partial charge is 0.218 e. The number of ether oxygens (including phenoxy) is 1. The highest BCUT2D eigenvalue weighted by Gasteiger charge is 2.44. The van der Waals surface area contributed by atoms with E-state index >= 15 is 0 Å². The van der Waals surface area contributed by atoms with Gasteiger partial charge in [-0.05, 0) is 73.3 Å². The third-order valence-electron chi connectivity index (χ3n) is 7.22. The quantitative estimate of drug-likeness (QED) is 0.495. The number of fused-ring (bicyclic) bond motifs is 1. The van der Waals surface area contributed by atoms with Gasteiger partial charge in [0.05, 0.1) is 12.1 Å². The average molecular weight is 498 g/mol. The summed E-state index contributed by atoms with van der Waals surface area (Å²) in [4.78, 5) is 16.6. The van der Waals surface area contributed by atoms with Gasteiger partial charge in [0, 0.05) is 37.7 Å². The number of pyridine rings is 1. The van der Waals surface area contributed by atoms with Gasteiger partial charge in [0.15, 0.2) is 0 Å². The van der Waals surface area contributed by atoms with E-state index in [-0.39, 0.29) is 35.3 Å². The fourth-order valence-electron chi connectivity index (χ4n) is 5.66. The number of carbonyl (C=O) groups is 1. The zero-order valence-electron chi connectivity index (χ0n) is 21.9. The molecule has 2 heterocycles. The Morgan fingerprint density at radius 2 is 2.00 bits per heavy atom. The number of amides is 1. The van der Waals surface area contributed by atoms with Crippen molar-refractivity contribution in [3.05, 3.63) is 59.0 Å². The first-order valence-electron chi connectivity index (χ1n) is 13.1. The second-order valence-corrected chi connectivity index (χ2v) is 11.8. The summed E-state index contributed by atoms with van der Waals surface area (Å²) < 4.78 is 20.2. The van der Waals surface area contributed by atoms with Crippen LogP contribution in [0.5, 0.6) is 5.88 Å². The van der Waals surface area contributed by atoms with Crippen LogP contribution in [0.2, 0.25) is 0 Å². The van der Waals surface area contributed by atoms with Crippen LogP contribution in [0.3, 0.4) is 0 Å². The second kappa shape index (κ2) is 10.9. The van der Waals surface area contributed by atoms with Crippen LogP contribution in [0.25, 0.3) is 0 Å². The predicted octanol–water partition coefficient (Wildman–Crippen LogP) is 4.64. The molecule has 36 heavy (non-hydrogen) atoms. The lowest BCUT2D eigenvalue weighted by Crippen LogP contribution is -2.50. The molecule has 3 atom stereocenters. The Morgan fingerprint density at radius 1 is 1.25 bits per heavy atom. The third kappa shape index (κ3) is 6.83. The second-order valence-electron chi connectivity index (χ2n) is 11.8. The van der Waals surface area contributed by atoms with Crippen molar-refractivity contribution in [2.45, 2.75) is 96.4 Å². The first kappa shape index (κ1) is 26.6. The molecule has 0 unspecified atom stereocenters. The molecule has 1 fully saturated rings. The minimum absolute atomic E-state index is 0.0129. The summed E-state index contributed by atoms with van der Waals surface area (Å²) in [5.74, 6) is 0.125. The molecular weight excluding hydrogens is 457 g/mol. The Balaban J connectivity index is 1.52. The van der Waals surface area contributed by atoms with E-state index in [1.165, 1.54) is 24.6 Å². The van der Waals surface area contributed by atoms with Crippen LogP contribution in [0.15, 0.2) is 36.5 Å². The van der Waals surface area contributed by atoms with E-state index in [0.29, 0.717) is 12.3 Å². The number of nitrogens with zero attached hydrogens (tertiary/aromatic N) is 1. The van der Waals surface area contributed by atoms with Crippen molar-refractivity contribution in [3.63, 3.8) is 0 Å². The molecule has 1 aromatic heterocycles. The van der Waals surface area contributed by atoms with Gasteiger partial charge in [-0.3, -0.25) is 4.79 Å². The van der Waals surface area contributed by atoms with Gasteiger partial charge in [-0.15, -0.1) is 0 Å². The maximum atomic E-state index is 13.7. The number of aliphatic hydroxyl groups excluding tert-OH is 1. The van der Waals surface area contributed by atoms with Crippen molar-refractivity contribution >= 4 is 5.91 Å². The summed E-state index contributed by atoms with van der Waals surface area (Å²) in [6, 6.07) is 7.91. The number of benzene rings is 1. The minimum atomic E-state index is -0.853. The standard InChI is InChI=1S/C29H40FN3O3/c1-19(34)33-24(14-20-8-7-9-22(30)12-20)26(35)18-31-25-16-29(10-5-6-11-29)36-27-23(25)13-21(17-32-27)15-28(2,3)4/h7-9,12-13,17,24-26,31,35H,5-6,10-11,14-16,18H2,1-4H3,(H,33,34)/t24-,25-,26-/m0/s1. The Morgan fingerprint density at radius 3 is 2.67 bits per heavy atom. The summed E-state index contributed by atoms with van der Waals surface area (Å²) in [5.41, 5.74) is 2.85. The van der Waals surface area contributed by atoms with E-state index in [1.807, 2.05) is 6.20 Å². The molecule has 0 bridgehead atoms. The van der Waals surface area contributed by atoms with E-state index in [4.69, 9.17) is 9.72 Å². The largest absolute Gasteiger partial charge is 0.471 e. The summed E-state index contributed by atoms with van der Waals surface area (Å²) in [6.07, 6.45) is 7.44. The molecule has 6 nitrogen and oxygen atoms in total. The Bertz CT molecular complexity index is 1060. The number of carbonyl (C=O) groups excluding carboxylic acids is 1. The van der Waals surface area contributed by atoms with E-state index in [0.717, 1.165) is 49.7 Å². The topological polar surface area (TPSA) is 83.5 Å². The van der Waals surface area contributed by atoms with Crippen molar-refractivity contribution in [3.8, 4) is 5.88 Å². The SMILES string of the molecule is CC(=O)N[C@@H](Cc1cccc(F)c1)[C@@H](O)CN[C@H]1CC2(CCCC2)Oc2ncc(CC(C)(C)C)cc21. The number of aromatic nitrogens is 1. The summed E-state index contributed by atoms with van der Waals surface area (Å²) in [6.45, 7) is 8.35. The van der Waals surface area contributed by atoms with E-state index < -0.39 is 12.1 Å². The van der Waals surface area contributed by atoms with Gasteiger partial charge >= 0.3 is 0 Å². The Kier molecular flexibility index (Phi) is 8.00. The van der Waals surface area contributed by atoms with Gasteiger partial charge in [0.25, 0.3) is 0 Å². The van der Waals surface area contributed by atoms with Crippen LogP contribution in [0.1, 0.15) is 82.5 Å². The third-order valence-corrected chi connectivity index (χ3v) is 7.22. The number of hydrogen-bond acceptors (Lipinski definition) is 5. The summed E-state index contributed by atoms with van der Waals surface area (Å²) >= 11 is 0. The van der Waals surface area contributed by atoms with Crippen molar-refractivity contribution in [1.29, 1.82) is 0 Å². The van der Waals surface area contributed by atoms with Crippen molar-refractivity contribution < 1.29 is 19.0 Å². The molecular formula is C29H40FN3O3. The molecule has 4 rings (SSSR count). The van der Waals surface area contributed by atoms with Crippen molar-refractivity contribution in [2.24, 2.45) is 5.41 Å². The van der Waals surface area contributed by atoms with Crippen LogP contribution in [-0.2, 0) is 17.6 Å². The molecule has 1 aromatic carbocycles. The molecule has 3 N–H and O–H groups in total. The lowest BCUT2D eigenvalue weighted by Gasteiger charge is -2.40. The van der Waals surface area contributed by atoms with Gasteiger partial charge in [-0.1, -0.05) is 32.9 Å².